The van der Waals surface area contributed by atoms with E-state index in [2.05, 4.69) is 4.72 Å². The molecule has 0 unspecified atom stereocenters. The molecule has 0 amide bonds. The molecule has 0 spiro atoms. The molecule has 1 aliphatic carbocycles. The topological polar surface area (TPSA) is 66.4 Å². The van der Waals surface area contributed by atoms with Gasteiger partial charge in [0.25, 0.3) is 0 Å². The third kappa shape index (κ3) is 3.03. The van der Waals surface area contributed by atoms with Crippen LogP contribution in [0.2, 0.25) is 0 Å². The van der Waals surface area contributed by atoms with Gasteiger partial charge in [-0.3, -0.25) is 0 Å². The van der Waals surface area contributed by atoms with Crippen molar-refractivity contribution in [3.8, 4) is 0 Å². The fourth-order valence-electron chi connectivity index (χ4n) is 2.46. The maximum atomic E-state index is 12.2. The molecular weight excluding hydrogens is 306 g/mol. The van der Waals surface area contributed by atoms with E-state index in [4.69, 9.17) is 0 Å². The van der Waals surface area contributed by atoms with Crippen molar-refractivity contribution in [2.75, 3.05) is 6.54 Å². The first-order valence-corrected chi connectivity index (χ1v) is 9.20. The van der Waals surface area contributed by atoms with Gasteiger partial charge in [0.15, 0.2) is 0 Å². The van der Waals surface area contributed by atoms with E-state index in [0.29, 0.717) is 0 Å². The maximum absolute atomic E-state index is 12.2. The molecule has 0 radical (unpaired) electrons. The zero-order valence-electron chi connectivity index (χ0n) is 11.4. The van der Waals surface area contributed by atoms with Gasteiger partial charge in [-0.05, 0) is 35.8 Å². The quantitative estimate of drug-likeness (QED) is 0.857. The van der Waals surface area contributed by atoms with E-state index in [9.17, 15) is 13.5 Å². The van der Waals surface area contributed by atoms with Gasteiger partial charge >= 0.3 is 0 Å². The lowest BCUT2D eigenvalue weighted by Crippen LogP contribution is -2.42. The molecule has 1 aliphatic rings. The largest absolute Gasteiger partial charge is 0.383 e. The summed E-state index contributed by atoms with van der Waals surface area (Å²) in [6, 6.07) is 12.5. The van der Waals surface area contributed by atoms with Crippen LogP contribution in [0.3, 0.4) is 0 Å². The molecular formula is C15H17NO3S2. The lowest BCUT2D eigenvalue weighted by Gasteiger charge is -2.29. The molecule has 1 atom stereocenters. The second-order valence-corrected chi connectivity index (χ2v) is 8.26. The molecule has 1 aromatic heterocycles. The molecule has 3 rings (SSSR count). The van der Waals surface area contributed by atoms with Crippen LogP contribution in [0.1, 0.15) is 18.4 Å². The predicted octanol–water partition coefficient (Wildman–Crippen LogP) is 2.32. The number of rotatable bonds is 6. The average molecular weight is 323 g/mol. The predicted molar refractivity (Wildman–Crippen MR) is 82.6 cm³/mol. The van der Waals surface area contributed by atoms with Crippen LogP contribution in [-0.4, -0.2) is 20.1 Å². The number of hydrogen-bond donors (Lipinski definition) is 2. The van der Waals surface area contributed by atoms with Crippen LogP contribution in [0.25, 0.3) is 0 Å². The highest BCUT2D eigenvalue weighted by atomic mass is 32.2. The van der Waals surface area contributed by atoms with E-state index in [1.807, 2.05) is 30.3 Å². The van der Waals surface area contributed by atoms with E-state index in [-0.39, 0.29) is 16.7 Å². The molecule has 6 heteroatoms. The summed E-state index contributed by atoms with van der Waals surface area (Å²) in [7, 11) is -3.56. The van der Waals surface area contributed by atoms with E-state index >= 15 is 0 Å². The van der Waals surface area contributed by atoms with Gasteiger partial charge in [0.05, 0.1) is 0 Å². The highest BCUT2D eigenvalue weighted by Crippen LogP contribution is 2.45. The fraction of sp³-hybridized carbons (Fsp3) is 0.333. The highest BCUT2D eigenvalue weighted by molar-refractivity contribution is 7.91. The molecule has 1 fully saturated rings. The first-order valence-electron chi connectivity index (χ1n) is 6.83. The van der Waals surface area contributed by atoms with Gasteiger partial charge in [-0.25, -0.2) is 13.1 Å². The van der Waals surface area contributed by atoms with E-state index in [1.165, 1.54) is 11.3 Å². The highest BCUT2D eigenvalue weighted by Gasteiger charge is 2.45. The van der Waals surface area contributed by atoms with Gasteiger partial charge in [-0.15, -0.1) is 11.3 Å². The number of aliphatic hydroxyl groups is 1. The molecule has 1 heterocycles. The summed E-state index contributed by atoms with van der Waals surface area (Å²) in [5, 5.41) is 12.7. The van der Waals surface area contributed by atoms with Gasteiger partial charge in [0, 0.05) is 6.54 Å². The van der Waals surface area contributed by atoms with Crippen molar-refractivity contribution < 1.29 is 13.5 Å². The van der Waals surface area contributed by atoms with Crippen molar-refractivity contribution in [3.05, 3.63) is 53.4 Å². The van der Waals surface area contributed by atoms with Crippen molar-refractivity contribution in [1.82, 2.24) is 4.72 Å². The Morgan fingerprint density at radius 1 is 1.19 bits per heavy atom. The summed E-state index contributed by atoms with van der Waals surface area (Å²) < 4.78 is 27.2. The van der Waals surface area contributed by atoms with E-state index < -0.39 is 15.6 Å². The minimum absolute atomic E-state index is 0.00190. The number of sulfonamides is 1. The minimum Gasteiger partial charge on any atom is -0.383 e. The summed E-state index contributed by atoms with van der Waals surface area (Å²) in [5.74, 6) is 0.117. The van der Waals surface area contributed by atoms with Crippen LogP contribution in [0.4, 0.5) is 0 Å². The number of thiophene rings is 1. The molecule has 1 aromatic carbocycles. The molecule has 1 saturated carbocycles. The average Bonchev–Trinajstić information content (AvgIpc) is 3.20. The molecule has 0 bridgehead atoms. The number of hydrogen-bond acceptors (Lipinski definition) is 4. The van der Waals surface area contributed by atoms with Gasteiger partial charge in [-0.2, -0.15) is 0 Å². The first-order chi connectivity index (χ1) is 10.0. The smallest absolute Gasteiger partial charge is 0.250 e. The van der Waals surface area contributed by atoms with Crippen LogP contribution >= 0.6 is 11.3 Å². The monoisotopic (exact) mass is 323 g/mol. The van der Waals surface area contributed by atoms with Crippen LogP contribution < -0.4 is 4.72 Å². The summed E-state index contributed by atoms with van der Waals surface area (Å²) in [6.07, 6.45) is 1.85. The second-order valence-electron chi connectivity index (χ2n) is 5.32. The molecule has 4 nitrogen and oxygen atoms in total. The van der Waals surface area contributed by atoms with Crippen LogP contribution in [0, 0.1) is 5.92 Å². The van der Waals surface area contributed by atoms with Crippen molar-refractivity contribution >= 4 is 21.4 Å². The third-order valence-corrected chi connectivity index (χ3v) is 6.62. The Morgan fingerprint density at radius 3 is 2.48 bits per heavy atom. The van der Waals surface area contributed by atoms with Gasteiger partial charge in [-0.1, -0.05) is 36.4 Å². The Bertz CT molecular complexity index is 694. The Labute approximate surface area is 128 Å². The van der Waals surface area contributed by atoms with Crippen LogP contribution in [0.15, 0.2) is 52.1 Å². The summed E-state index contributed by atoms with van der Waals surface area (Å²) in [5.41, 5.74) is -0.368. The van der Waals surface area contributed by atoms with Crippen LogP contribution in [-0.2, 0) is 15.6 Å². The zero-order valence-corrected chi connectivity index (χ0v) is 13.0. The van der Waals surface area contributed by atoms with Gasteiger partial charge in [0.1, 0.15) is 9.81 Å². The van der Waals surface area contributed by atoms with Crippen molar-refractivity contribution in [3.63, 3.8) is 0 Å². The third-order valence-electron chi connectivity index (χ3n) is 3.82. The molecule has 2 N–H and O–H groups in total. The standard InChI is InChI=1S/C15H17NO3S2/c17-15(13-8-9-13,12-5-2-1-3-6-12)11-16-21(18,19)14-7-4-10-20-14/h1-7,10,13,16-17H,8-9,11H2/t15-/m1/s1. The Kier molecular flexibility index (Phi) is 3.88. The second kappa shape index (κ2) is 5.53. The van der Waals surface area contributed by atoms with E-state index in [0.717, 1.165) is 18.4 Å². The molecule has 112 valence electrons. The summed E-state index contributed by atoms with van der Waals surface area (Å²) >= 11 is 1.17. The minimum atomic E-state index is -3.56. The van der Waals surface area contributed by atoms with Gasteiger partial charge in [0.2, 0.25) is 10.0 Å². The molecule has 21 heavy (non-hydrogen) atoms. The van der Waals surface area contributed by atoms with Crippen molar-refractivity contribution in [2.24, 2.45) is 5.92 Å². The Balaban J connectivity index is 1.81. The van der Waals surface area contributed by atoms with Crippen molar-refractivity contribution in [1.29, 1.82) is 0 Å². The maximum Gasteiger partial charge on any atom is 0.250 e. The number of nitrogens with one attached hydrogen (secondary N) is 1. The fourth-order valence-corrected chi connectivity index (χ4v) is 4.57. The van der Waals surface area contributed by atoms with Crippen LogP contribution in [0.5, 0.6) is 0 Å². The lowest BCUT2D eigenvalue weighted by molar-refractivity contribution is 0.0185. The summed E-state index contributed by atoms with van der Waals surface area (Å²) in [4.78, 5) is 0. The summed E-state index contributed by atoms with van der Waals surface area (Å²) in [6.45, 7) is 0.00190. The first kappa shape index (κ1) is 14.7. The molecule has 2 aromatic rings. The van der Waals surface area contributed by atoms with Gasteiger partial charge < -0.3 is 5.11 Å². The molecule has 0 aliphatic heterocycles. The molecule has 0 saturated heterocycles. The Morgan fingerprint density at radius 2 is 1.90 bits per heavy atom. The zero-order chi connectivity index (χ0) is 14.9. The SMILES string of the molecule is O=S(=O)(NC[C@@](O)(c1ccccc1)C1CC1)c1cccs1. The number of benzene rings is 1. The normalized spacial score (nSPS) is 18.3. The lowest BCUT2D eigenvalue weighted by atomic mass is 9.89. The van der Waals surface area contributed by atoms with E-state index in [1.54, 1.807) is 17.5 Å². The Hall–Kier alpha value is -1.21. The van der Waals surface area contributed by atoms with Crippen molar-refractivity contribution in [2.45, 2.75) is 22.7 Å².